The normalized spacial score (nSPS) is 12.0. The Labute approximate surface area is 122 Å². The Kier molecular flexibility index (Phi) is 5.04. The highest BCUT2D eigenvalue weighted by atomic mass is 19.1. The maximum absolute atomic E-state index is 13.5. The van der Waals surface area contributed by atoms with Crippen molar-refractivity contribution in [3.05, 3.63) is 71.3 Å². The molecule has 2 nitrogen and oxygen atoms in total. The zero-order valence-electron chi connectivity index (χ0n) is 11.8. The Bertz CT molecular complexity index is 613. The van der Waals surface area contributed by atoms with Crippen LogP contribution in [0.1, 0.15) is 29.3 Å². The van der Waals surface area contributed by atoms with E-state index in [2.05, 4.69) is 5.32 Å². The Morgan fingerprint density at radius 3 is 2.52 bits per heavy atom. The van der Waals surface area contributed by atoms with E-state index in [4.69, 9.17) is 0 Å². The molecule has 1 unspecified atom stereocenters. The van der Waals surface area contributed by atoms with Crippen molar-refractivity contribution in [1.82, 2.24) is 5.32 Å². The van der Waals surface area contributed by atoms with E-state index in [0.717, 1.165) is 25.0 Å². The first-order chi connectivity index (χ1) is 10.1. The number of nitrogens with one attached hydrogen (secondary N) is 1. The van der Waals surface area contributed by atoms with E-state index in [0.29, 0.717) is 6.07 Å². The van der Waals surface area contributed by atoms with Crippen LogP contribution in [0.2, 0.25) is 0 Å². The lowest BCUT2D eigenvalue weighted by atomic mass is 10.1. The molecule has 110 valence electrons. The zero-order valence-corrected chi connectivity index (χ0v) is 11.8. The van der Waals surface area contributed by atoms with E-state index in [1.54, 1.807) is 0 Å². The number of hydrogen-bond acceptors (Lipinski definition) is 1. The first-order valence-electron chi connectivity index (χ1n) is 6.86. The van der Waals surface area contributed by atoms with E-state index >= 15 is 0 Å². The SMILES string of the molecule is CC(CCc1ccccc1)NC(=O)c1ccc(F)cc1F. The molecule has 2 rings (SSSR count). The lowest BCUT2D eigenvalue weighted by Crippen LogP contribution is -2.33. The van der Waals surface area contributed by atoms with Crippen molar-refractivity contribution in [2.75, 3.05) is 0 Å². The van der Waals surface area contributed by atoms with Gasteiger partial charge in [-0.05, 0) is 37.5 Å². The predicted molar refractivity (Wildman–Crippen MR) is 78.0 cm³/mol. The van der Waals surface area contributed by atoms with Gasteiger partial charge in [-0.2, -0.15) is 0 Å². The van der Waals surface area contributed by atoms with Crippen molar-refractivity contribution in [3.8, 4) is 0 Å². The Morgan fingerprint density at radius 2 is 1.86 bits per heavy atom. The zero-order chi connectivity index (χ0) is 15.2. The second-order valence-electron chi connectivity index (χ2n) is 5.02. The van der Waals surface area contributed by atoms with Gasteiger partial charge in [-0.1, -0.05) is 30.3 Å². The van der Waals surface area contributed by atoms with Crippen LogP contribution in [0.25, 0.3) is 0 Å². The van der Waals surface area contributed by atoms with Crippen LogP contribution in [0.15, 0.2) is 48.5 Å². The molecule has 2 aromatic carbocycles. The minimum absolute atomic E-state index is 0.0952. The molecule has 1 atom stereocenters. The molecule has 0 aromatic heterocycles. The lowest BCUT2D eigenvalue weighted by molar-refractivity contribution is 0.0934. The molecule has 4 heteroatoms. The van der Waals surface area contributed by atoms with Gasteiger partial charge < -0.3 is 5.32 Å². The molecule has 0 radical (unpaired) electrons. The molecule has 0 saturated heterocycles. The van der Waals surface area contributed by atoms with Gasteiger partial charge in [0.25, 0.3) is 5.91 Å². The number of rotatable bonds is 5. The summed E-state index contributed by atoms with van der Waals surface area (Å²) in [4.78, 5) is 11.9. The summed E-state index contributed by atoms with van der Waals surface area (Å²) in [6.07, 6.45) is 1.58. The summed E-state index contributed by atoms with van der Waals surface area (Å²) in [6.45, 7) is 1.86. The molecule has 0 fully saturated rings. The number of carbonyl (C=O) groups excluding carboxylic acids is 1. The second kappa shape index (κ2) is 6.97. The van der Waals surface area contributed by atoms with Gasteiger partial charge in [-0.3, -0.25) is 4.79 Å². The summed E-state index contributed by atoms with van der Waals surface area (Å²) in [5.41, 5.74) is 1.05. The lowest BCUT2D eigenvalue weighted by Gasteiger charge is -2.14. The Balaban J connectivity index is 1.90. The highest BCUT2D eigenvalue weighted by Gasteiger charge is 2.14. The molecule has 0 heterocycles. The molecule has 1 N–H and O–H groups in total. The second-order valence-corrected chi connectivity index (χ2v) is 5.02. The smallest absolute Gasteiger partial charge is 0.254 e. The standard InChI is InChI=1S/C17H17F2NO/c1-12(7-8-13-5-3-2-4-6-13)20-17(21)15-10-9-14(18)11-16(15)19/h2-6,9-12H,7-8H2,1H3,(H,20,21). The van der Waals surface area contributed by atoms with Gasteiger partial charge in [0.2, 0.25) is 0 Å². The minimum Gasteiger partial charge on any atom is -0.349 e. The fourth-order valence-electron chi connectivity index (χ4n) is 2.08. The van der Waals surface area contributed by atoms with Crippen LogP contribution in [-0.4, -0.2) is 11.9 Å². The fourth-order valence-corrected chi connectivity index (χ4v) is 2.08. The molecule has 21 heavy (non-hydrogen) atoms. The average molecular weight is 289 g/mol. The predicted octanol–water partition coefficient (Wildman–Crippen LogP) is 3.72. The number of carbonyl (C=O) groups is 1. The molecular weight excluding hydrogens is 272 g/mol. The molecule has 0 bridgehead atoms. The highest BCUT2D eigenvalue weighted by Crippen LogP contribution is 2.10. The molecule has 0 aliphatic heterocycles. The number of hydrogen-bond donors (Lipinski definition) is 1. The van der Waals surface area contributed by atoms with Crippen molar-refractivity contribution < 1.29 is 13.6 Å². The maximum Gasteiger partial charge on any atom is 0.254 e. The van der Waals surface area contributed by atoms with E-state index in [1.165, 1.54) is 5.56 Å². The fraction of sp³-hybridized carbons (Fsp3) is 0.235. The molecule has 0 spiro atoms. The maximum atomic E-state index is 13.5. The van der Waals surface area contributed by atoms with Gasteiger partial charge in [-0.15, -0.1) is 0 Å². The summed E-state index contributed by atoms with van der Waals surface area (Å²) >= 11 is 0. The largest absolute Gasteiger partial charge is 0.349 e. The van der Waals surface area contributed by atoms with Crippen LogP contribution in [0, 0.1) is 11.6 Å². The van der Waals surface area contributed by atoms with Gasteiger partial charge in [0, 0.05) is 12.1 Å². The van der Waals surface area contributed by atoms with Crippen LogP contribution in [0.5, 0.6) is 0 Å². The summed E-state index contributed by atoms with van der Waals surface area (Å²) in [5, 5.41) is 2.73. The number of aryl methyl sites for hydroxylation is 1. The monoisotopic (exact) mass is 289 g/mol. The van der Waals surface area contributed by atoms with Gasteiger partial charge in [-0.25, -0.2) is 8.78 Å². The molecule has 0 saturated carbocycles. The van der Waals surface area contributed by atoms with Gasteiger partial charge >= 0.3 is 0 Å². The number of amides is 1. The molecular formula is C17H17F2NO. The van der Waals surface area contributed by atoms with Crippen molar-refractivity contribution in [3.63, 3.8) is 0 Å². The first kappa shape index (κ1) is 15.2. The Morgan fingerprint density at radius 1 is 1.14 bits per heavy atom. The van der Waals surface area contributed by atoms with Crippen LogP contribution >= 0.6 is 0 Å². The number of halogens is 2. The van der Waals surface area contributed by atoms with Gasteiger partial charge in [0.05, 0.1) is 5.56 Å². The quantitative estimate of drug-likeness (QED) is 0.893. The van der Waals surface area contributed by atoms with Crippen LogP contribution in [-0.2, 0) is 6.42 Å². The summed E-state index contributed by atoms with van der Waals surface area (Å²) in [7, 11) is 0. The third kappa shape index (κ3) is 4.38. The van der Waals surface area contributed by atoms with Crippen molar-refractivity contribution in [1.29, 1.82) is 0 Å². The third-order valence-electron chi connectivity index (χ3n) is 3.26. The van der Waals surface area contributed by atoms with E-state index < -0.39 is 17.5 Å². The summed E-state index contributed by atoms with van der Waals surface area (Å²) in [5.74, 6) is -2.06. The van der Waals surface area contributed by atoms with Gasteiger partial charge in [0.1, 0.15) is 11.6 Å². The molecule has 0 aliphatic rings. The topological polar surface area (TPSA) is 29.1 Å². The van der Waals surface area contributed by atoms with Crippen molar-refractivity contribution in [2.45, 2.75) is 25.8 Å². The van der Waals surface area contributed by atoms with E-state index in [-0.39, 0.29) is 11.6 Å². The Hall–Kier alpha value is -2.23. The molecule has 2 aromatic rings. The first-order valence-corrected chi connectivity index (χ1v) is 6.86. The van der Waals surface area contributed by atoms with Crippen molar-refractivity contribution in [2.24, 2.45) is 0 Å². The van der Waals surface area contributed by atoms with Crippen LogP contribution in [0.3, 0.4) is 0 Å². The number of benzene rings is 2. The van der Waals surface area contributed by atoms with Crippen LogP contribution < -0.4 is 5.32 Å². The average Bonchev–Trinajstić information content (AvgIpc) is 2.46. The molecule has 0 aliphatic carbocycles. The highest BCUT2D eigenvalue weighted by molar-refractivity contribution is 5.94. The summed E-state index contributed by atoms with van der Waals surface area (Å²) < 4.78 is 26.3. The van der Waals surface area contributed by atoms with E-state index in [1.807, 2.05) is 37.3 Å². The van der Waals surface area contributed by atoms with Crippen molar-refractivity contribution >= 4 is 5.91 Å². The third-order valence-corrected chi connectivity index (χ3v) is 3.26. The summed E-state index contributed by atoms with van der Waals surface area (Å²) in [6, 6.07) is 12.8. The van der Waals surface area contributed by atoms with E-state index in [9.17, 15) is 13.6 Å². The molecule has 1 amide bonds. The van der Waals surface area contributed by atoms with Gasteiger partial charge in [0.15, 0.2) is 0 Å². The van der Waals surface area contributed by atoms with Crippen LogP contribution in [0.4, 0.5) is 8.78 Å². The minimum atomic E-state index is -0.845.